The smallest absolute Gasteiger partial charge is 0.0945 e. The van der Waals surface area contributed by atoms with Gasteiger partial charge in [-0.25, -0.2) is 4.98 Å². The molecule has 0 bridgehead atoms. The summed E-state index contributed by atoms with van der Waals surface area (Å²) < 4.78 is 2.69. The van der Waals surface area contributed by atoms with Gasteiger partial charge in [0.05, 0.1) is 10.4 Å². The molecule has 1 saturated heterocycles. The maximum Gasteiger partial charge on any atom is 0.0945 e. The molecule has 2 heterocycles. The van der Waals surface area contributed by atoms with Crippen molar-refractivity contribution in [3.8, 4) is 0 Å². The first-order valence-electron chi connectivity index (χ1n) is 7.01. The number of imidazole rings is 1. The van der Waals surface area contributed by atoms with Crippen molar-refractivity contribution >= 4 is 23.5 Å². The first-order valence-corrected chi connectivity index (χ1v) is 8.88. The Morgan fingerprint density at radius 3 is 2.89 bits per heavy atom. The van der Waals surface area contributed by atoms with E-state index in [2.05, 4.69) is 53.1 Å². The zero-order chi connectivity index (χ0) is 12.8. The maximum atomic E-state index is 4.13. The van der Waals surface area contributed by atoms with E-state index in [1.807, 2.05) is 12.5 Å². The van der Waals surface area contributed by atoms with Crippen LogP contribution in [-0.4, -0.2) is 24.6 Å². The fraction of sp³-hybridized carbons (Fsp3) is 0.786. The number of unbranched alkanes of at least 4 members (excludes halogenated alkanes) is 2. The second-order valence-electron chi connectivity index (χ2n) is 5.16. The molecule has 2 unspecified atom stereocenters. The van der Waals surface area contributed by atoms with Crippen molar-refractivity contribution in [3.05, 3.63) is 18.7 Å². The van der Waals surface area contributed by atoms with Crippen LogP contribution < -0.4 is 0 Å². The van der Waals surface area contributed by atoms with Gasteiger partial charge in [-0.2, -0.15) is 0 Å². The fourth-order valence-corrected chi connectivity index (χ4v) is 6.17. The molecule has 0 amide bonds. The Balaban J connectivity index is 1.88. The zero-order valence-electron chi connectivity index (χ0n) is 11.5. The highest BCUT2D eigenvalue weighted by molar-refractivity contribution is 8.21. The van der Waals surface area contributed by atoms with E-state index in [9.17, 15) is 0 Å². The van der Waals surface area contributed by atoms with Gasteiger partial charge < -0.3 is 4.57 Å². The summed E-state index contributed by atoms with van der Waals surface area (Å²) in [4.78, 5) is 4.13. The molecule has 2 nitrogen and oxygen atoms in total. The van der Waals surface area contributed by atoms with Gasteiger partial charge in [-0.3, -0.25) is 0 Å². The standard InChI is InChI=1S/C14H24N2S2/c1-3-4-5-6-14(17-11-13(2)18-14)7-9-16-10-8-15-12-16/h8,10,12-13H,3-7,9,11H2,1-2H3. The molecule has 1 aliphatic heterocycles. The third kappa shape index (κ3) is 3.95. The van der Waals surface area contributed by atoms with Gasteiger partial charge in [-0.1, -0.05) is 33.1 Å². The first kappa shape index (κ1) is 14.3. The van der Waals surface area contributed by atoms with Crippen molar-refractivity contribution in [1.29, 1.82) is 0 Å². The molecule has 0 aliphatic carbocycles. The lowest BCUT2D eigenvalue weighted by Crippen LogP contribution is -2.20. The summed E-state index contributed by atoms with van der Waals surface area (Å²) in [6, 6.07) is 0. The maximum absolute atomic E-state index is 4.13. The van der Waals surface area contributed by atoms with Crippen LogP contribution in [0.4, 0.5) is 0 Å². The van der Waals surface area contributed by atoms with Gasteiger partial charge in [-0.05, 0) is 12.8 Å². The largest absolute Gasteiger partial charge is 0.337 e. The minimum absolute atomic E-state index is 0.471. The van der Waals surface area contributed by atoms with Crippen LogP contribution in [0.15, 0.2) is 18.7 Å². The van der Waals surface area contributed by atoms with Crippen LogP contribution in [0, 0.1) is 0 Å². The third-order valence-electron chi connectivity index (χ3n) is 3.47. The van der Waals surface area contributed by atoms with Gasteiger partial charge in [0.15, 0.2) is 0 Å². The van der Waals surface area contributed by atoms with Crippen LogP contribution in [0.3, 0.4) is 0 Å². The van der Waals surface area contributed by atoms with Crippen molar-refractivity contribution in [2.24, 2.45) is 0 Å². The number of hydrogen-bond donors (Lipinski definition) is 0. The molecule has 0 spiro atoms. The Morgan fingerprint density at radius 2 is 2.28 bits per heavy atom. The molecule has 2 rings (SSSR count). The molecular weight excluding hydrogens is 260 g/mol. The molecule has 2 atom stereocenters. The van der Waals surface area contributed by atoms with E-state index in [-0.39, 0.29) is 0 Å². The van der Waals surface area contributed by atoms with E-state index in [4.69, 9.17) is 0 Å². The molecule has 4 heteroatoms. The van der Waals surface area contributed by atoms with Gasteiger partial charge in [0.25, 0.3) is 0 Å². The summed E-state index contributed by atoms with van der Waals surface area (Å²) in [6.07, 6.45) is 12.6. The highest BCUT2D eigenvalue weighted by atomic mass is 32.2. The van der Waals surface area contributed by atoms with Crippen molar-refractivity contribution in [2.45, 2.75) is 61.8 Å². The summed E-state index contributed by atoms with van der Waals surface area (Å²) >= 11 is 4.41. The lowest BCUT2D eigenvalue weighted by molar-refractivity contribution is 0.546. The van der Waals surface area contributed by atoms with Crippen molar-refractivity contribution < 1.29 is 0 Å². The SMILES string of the molecule is CCCCCC1(CCn2ccnc2)SCC(C)S1. The Bertz CT molecular complexity index is 340. The normalized spacial score (nSPS) is 27.8. The molecule has 18 heavy (non-hydrogen) atoms. The van der Waals surface area contributed by atoms with Crippen LogP contribution in [0.2, 0.25) is 0 Å². The summed E-state index contributed by atoms with van der Waals surface area (Å²) in [6.45, 7) is 5.77. The first-order chi connectivity index (χ1) is 8.74. The van der Waals surface area contributed by atoms with Crippen molar-refractivity contribution in [1.82, 2.24) is 9.55 Å². The highest BCUT2D eigenvalue weighted by Gasteiger charge is 2.38. The number of thioether (sulfide) groups is 2. The van der Waals surface area contributed by atoms with E-state index in [0.717, 1.165) is 11.8 Å². The minimum Gasteiger partial charge on any atom is -0.337 e. The molecule has 1 aromatic heterocycles. The predicted molar refractivity (Wildman–Crippen MR) is 83.2 cm³/mol. The van der Waals surface area contributed by atoms with Crippen LogP contribution in [0.5, 0.6) is 0 Å². The Kier molecular flexibility index (Phi) is 5.49. The second kappa shape index (κ2) is 6.90. The monoisotopic (exact) mass is 284 g/mol. The van der Waals surface area contributed by atoms with Crippen molar-refractivity contribution in [3.63, 3.8) is 0 Å². The van der Waals surface area contributed by atoms with Crippen LogP contribution in [0.1, 0.15) is 46.0 Å². The lowest BCUT2D eigenvalue weighted by atomic mass is 10.1. The molecule has 0 saturated carbocycles. The molecular formula is C14H24N2S2. The van der Waals surface area contributed by atoms with E-state index in [1.54, 1.807) is 0 Å². The summed E-state index contributed by atoms with van der Waals surface area (Å²) in [7, 11) is 0. The van der Waals surface area contributed by atoms with E-state index in [0.29, 0.717) is 4.08 Å². The summed E-state index contributed by atoms with van der Waals surface area (Å²) in [5.41, 5.74) is 0. The summed E-state index contributed by atoms with van der Waals surface area (Å²) in [5, 5.41) is 0.819. The summed E-state index contributed by atoms with van der Waals surface area (Å²) in [5.74, 6) is 1.32. The van der Waals surface area contributed by atoms with Crippen LogP contribution in [0.25, 0.3) is 0 Å². The second-order valence-corrected chi connectivity index (χ2v) is 8.64. The van der Waals surface area contributed by atoms with Gasteiger partial charge in [0.2, 0.25) is 0 Å². The number of hydrogen-bond acceptors (Lipinski definition) is 3. The van der Waals surface area contributed by atoms with Crippen molar-refractivity contribution in [2.75, 3.05) is 5.75 Å². The molecule has 0 N–H and O–H groups in total. The van der Waals surface area contributed by atoms with Crippen LogP contribution in [-0.2, 0) is 6.54 Å². The topological polar surface area (TPSA) is 17.8 Å². The highest BCUT2D eigenvalue weighted by Crippen LogP contribution is 2.53. The number of aromatic nitrogens is 2. The predicted octanol–water partition coefficient (Wildman–Crippen LogP) is 4.42. The van der Waals surface area contributed by atoms with Gasteiger partial charge in [0, 0.05) is 29.9 Å². The van der Waals surface area contributed by atoms with E-state index >= 15 is 0 Å². The lowest BCUT2D eigenvalue weighted by Gasteiger charge is -2.28. The third-order valence-corrected chi connectivity index (χ3v) is 7.33. The average molecular weight is 284 g/mol. The van der Waals surface area contributed by atoms with Crippen LogP contribution >= 0.6 is 23.5 Å². The number of aryl methyl sites for hydroxylation is 1. The number of nitrogens with zero attached hydrogens (tertiary/aromatic N) is 2. The quantitative estimate of drug-likeness (QED) is 0.690. The molecule has 0 aromatic carbocycles. The molecule has 0 radical (unpaired) electrons. The molecule has 1 aliphatic rings. The van der Waals surface area contributed by atoms with Gasteiger partial charge >= 0.3 is 0 Å². The number of rotatable bonds is 7. The average Bonchev–Trinajstić information content (AvgIpc) is 2.98. The molecule has 102 valence electrons. The zero-order valence-corrected chi connectivity index (χ0v) is 13.1. The minimum atomic E-state index is 0.471. The Hall–Kier alpha value is -0.0900. The van der Waals surface area contributed by atoms with E-state index < -0.39 is 0 Å². The fourth-order valence-electron chi connectivity index (χ4n) is 2.45. The Morgan fingerprint density at radius 1 is 1.39 bits per heavy atom. The van der Waals surface area contributed by atoms with E-state index in [1.165, 1.54) is 37.9 Å². The van der Waals surface area contributed by atoms with Gasteiger partial charge in [0.1, 0.15) is 0 Å². The van der Waals surface area contributed by atoms with Gasteiger partial charge in [-0.15, -0.1) is 23.5 Å². The molecule has 1 aromatic rings. The Labute approximate surface area is 119 Å². The molecule has 1 fully saturated rings.